The van der Waals surface area contributed by atoms with Crippen molar-refractivity contribution in [2.24, 2.45) is 5.73 Å². The van der Waals surface area contributed by atoms with E-state index in [4.69, 9.17) is 5.73 Å². The quantitative estimate of drug-likeness (QED) is 0.748. The highest BCUT2D eigenvalue weighted by Crippen LogP contribution is 2.29. The third-order valence-corrected chi connectivity index (χ3v) is 3.54. The lowest BCUT2D eigenvalue weighted by Crippen LogP contribution is -2.13. The van der Waals surface area contributed by atoms with Crippen LogP contribution in [0.25, 0.3) is 17.1 Å². The number of halogens is 3. The van der Waals surface area contributed by atoms with E-state index >= 15 is 0 Å². The van der Waals surface area contributed by atoms with Crippen molar-refractivity contribution in [1.29, 1.82) is 0 Å². The van der Waals surface area contributed by atoms with Gasteiger partial charge in [0, 0.05) is 5.56 Å². The normalized spacial score (nSPS) is 10.9. The van der Waals surface area contributed by atoms with Gasteiger partial charge in [-0.3, -0.25) is 4.79 Å². The molecule has 142 valence electrons. The molecule has 0 radical (unpaired) electrons. The predicted molar refractivity (Wildman–Crippen MR) is 96.0 cm³/mol. The van der Waals surface area contributed by atoms with Crippen molar-refractivity contribution in [2.75, 3.05) is 0 Å². The maximum absolute atomic E-state index is 12.6. The van der Waals surface area contributed by atoms with Crippen molar-refractivity contribution in [1.82, 2.24) is 14.8 Å². The number of carbonyl (C=O) groups is 1. The number of nitrogens with zero attached hydrogens (tertiary/aromatic N) is 3. The molecule has 0 bridgehead atoms. The summed E-state index contributed by atoms with van der Waals surface area (Å²) in [5.41, 5.74) is 6.39. The van der Waals surface area contributed by atoms with Gasteiger partial charge in [0.05, 0.1) is 17.7 Å². The molecule has 3 aromatic rings. The zero-order valence-electron chi connectivity index (χ0n) is 14.9. The summed E-state index contributed by atoms with van der Waals surface area (Å²) in [7, 11) is 0. The Morgan fingerprint density at radius 2 is 1.63 bits per heavy atom. The molecule has 0 aliphatic carbocycles. The van der Waals surface area contributed by atoms with Crippen LogP contribution in [-0.2, 0) is 17.4 Å². The highest BCUT2D eigenvalue weighted by Gasteiger charge is 2.30. The maximum Gasteiger partial charge on any atom is 0.416 e. The first-order valence-electron chi connectivity index (χ1n) is 8.30. The Kier molecular flexibility index (Phi) is 6.33. The van der Waals surface area contributed by atoms with E-state index in [0.717, 1.165) is 23.3 Å². The van der Waals surface area contributed by atoms with Gasteiger partial charge in [0.25, 0.3) is 0 Å². The van der Waals surface area contributed by atoms with Gasteiger partial charge in [-0.15, -0.1) is 5.10 Å². The Labute approximate surface area is 154 Å². The van der Waals surface area contributed by atoms with E-state index in [-0.39, 0.29) is 6.42 Å². The highest BCUT2D eigenvalue weighted by molar-refractivity contribution is 5.76. The van der Waals surface area contributed by atoms with Crippen molar-refractivity contribution in [3.8, 4) is 17.1 Å². The molecule has 1 aromatic heterocycles. The minimum atomic E-state index is -4.38. The fraction of sp³-hybridized carbons (Fsp3) is 0.211. The Bertz CT molecular complexity index is 885. The average molecular weight is 376 g/mol. The second-order valence-electron chi connectivity index (χ2n) is 5.40. The lowest BCUT2D eigenvalue weighted by Gasteiger charge is -2.07. The van der Waals surface area contributed by atoms with Crippen molar-refractivity contribution in [3.05, 3.63) is 66.0 Å². The summed E-state index contributed by atoms with van der Waals surface area (Å²) in [4.78, 5) is 15.1. The number of aromatic nitrogens is 3. The summed E-state index contributed by atoms with van der Waals surface area (Å²) in [5.74, 6) is 0.00276. The molecular formula is C19H19F3N4O. The molecule has 0 aliphatic heterocycles. The van der Waals surface area contributed by atoms with Crippen molar-refractivity contribution < 1.29 is 18.0 Å². The summed E-state index contributed by atoms with van der Waals surface area (Å²) in [5, 5.41) is 4.27. The minimum absolute atomic E-state index is 0.147. The first-order valence-corrected chi connectivity index (χ1v) is 8.30. The lowest BCUT2D eigenvalue weighted by atomic mass is 10.1. The first kappa shape index (κ1) is 20.2. The average Bonchev–Trinajstić information content (AvgIpc) is 3.13. The second kappa shape index (κ2) is 8.48. The highest BCUT2D eigenvalue weighted by atomic mass is 19.4. The van der Waals surface area contributed by atoms with Gasteiger partial charge in [0.1, 0.15) is 6.33 Å². The van der Waals surface area contributed by atoms with E-state index in [1.54, 1.807) is 24.3 Å². The zero-order chi connectivity index (χ0) is 20.0. The molecule has 0 saturated heterocycles. The number of hydrogen-bond donors (Lipinski definition) is 1. The number of carbonyl (C=O) groups excluding carboxylic acids is 1. The Hall–Kier alpha value is -3.16. The summed E-state index contributed by atoms with van der Waals surface area (Å²) in [6.07, 6.45) is -2.80. The summed E-state index contributed by atoms with van der Waals surface area (Å²) in [6, 6.07) is 11.7. The Balaban J connectivity index is 0.00000126. The smallest absolute Gasteiger partial charge is 0.369 e. The zero-order valence-corrected chi connectivity index (χ0v) is 14.9. The van der Waals surface area contributed by atoms with Crippen LogP contribution in [0.15, 0.2) is 54.9 Å². The number of primary amides is 1. The van der Waals surface area contributed by atoms with Gasteiger partial charge in [-0.2, -0.15) is 13.2 Å². The largest absolute Gasteiger partial charge is 0.416 e. The van der Waals surface area contributed by atoms with Crippen LogP contribution in [0.2, 0.25) is 0 Å². The molecule has 3 rings (SSSR count). The summed E-state index contributed by atoms with van der Waals surface area (Å²) < 4.78 is 39.2. The third-order valence-electron chi connectivity index (χ3n) is 3.54. The number of amides is 1. The van der Waals surface area contributed by atoms with Gasteiger partial charge in [-0.25, -0.2) is 9.67 Å². The topological polar surface area (TPSA) is 73.8 Å². The van der Waals surface area contributed by atoms with E-state index < -0.39 is 17.6 Å². The molecule has 0 unspecified atom stereocenters. The third kappa shape index (κ3) is 5.16. The van der Waals surface area contributed by atoms with Crippen LogP contribution in [0.5, 0.6) is 0 Å². The van der Waals surface area contributed by atoms with Crippen LogP contribution in [0.3, 0.4) is 0 Å². The second-order valence-corrected chi connectivity index (χ2v) is 5.40. The molecule has 27 heavy (non-hydrogen) atoms. The first-order chi connectivity index (χ1) is 12.8. The van der Waals surface area contributed by atoms with Gasteiger partial charge >= 0.3 is 6.18 Å². The lowest BCUT2D eigenvalue weighted by molar-refractivity contribution is -0.137. The van der Waals surface area contributed by atoms with E-state index in [2.05, 4.69) is 10.1 Å². The minimum Gasteiger partial charge on any atom is -0.369 e. The number of hydrogen-bond acceptors (Lipinski definition) is 3. The van der Waals surface area contributed by atoms with Crippen LogP contribution in [0.1, 0.15) is 25.0 Å². The molecule has 2 N–H and O–H groups in total. The fourth-order valence-corrected chi connectivity index (χ4v) is 2.30. The van der Waals surface area contributed by atoms with Crippen molar-refractivity contribution in [2.45, 2.75) is 26.4 Å². The molecular weight excluding hydrogens is 357 g/mol. The fourth-order valence-electron chi connectivity index (χ4n) is 2.30. The number of nitrogens with two attached hydrogens (primary N) is 1. The van der Waals surface area contributed by atoms with Gasteiger partial charge in [0.2, 0.25) is 5.91 Å². The molecule has 0 spiro atoms. The Morgan fingerprint density at radius 1 is 1.04 bits per heavy atom. The standard InChI is InChI=1S/C17H13F3N4O.C2H6/c18-17(19,20)13-5-7-14(8-6-13)24-10-22-16(23-24)12-3-1-11(2-4-12)9-15(21)25;1-2/h1-8,10H,9H2,(H2,21,25);1-2H3. The van der Waals surface area contributed by atoms with E-state index in [1.807, 2.05) is 13.8 Å². The molecule has 8 heteroatoms. The van der Waals surface area contributed by atoms with Gasteiger partial charge in [0.15, 0.2) is 5.82 Å². The Morgan fingerprint density at radius 3 is 2.15 bits per heavy atom. The molecule has 0 aliphatic rings. The van der Waals surface area contributed by atoms with Crippen LogP contribution >= 0.6 is 0 Å². The van der Waals surface area contributed by atoms with Crippen molar-refractivity contribution >= 4 is 5.91 Å². The van der Waals surface area contributed by atoms with E-state index in [9.17, 15) is 18.0 Å². The SMILES string of the molecule is CC.NC(=O)Cc1ccc(-c2ncn(-c3ccc(C(F)(F)F)cc3)n2)cc1. The number of benzene rings is 2. The van der Waals surface area contributed by atoms with Crippen LogP contribution in [0.4, 0.5) is 13.2 Å². The van der Waals surface area contributed by atoms with Crippen LogP contribution in [-0.4, -0.2) is 20.7 Å². The molecule has 1 amide bonds. The molecule has 5 nitrogen and oxygen atoms in total. The van der Waals surface area contributed by atoms with Crippen LogP contribution < -0.4 is 5.73 Å². The number of alkyl halides is 3. The van der Waals surface area contributed by atoms with Gasteiger partial charge < -0.3 is 5.73 Å². The van der Waals surface area contributed by atoms with Gasteiger partial charge in [-0.05, 0) is 29.8 Å². The summed E-state index contributed by atoms with van der Waals surface area (Å²) in [6.45, 7) is 4.00. The molecule has 0 saturated carbocycles. The van der Waals surface area contributed by atoms with E-state index in [0.29, 0.717) is 11.5 Å². The van der Waals surface area contributed by atoms with Gasteiger partial charge in [-0.1, -0.05) is 38.1 Å². The number of rotatable bonds is 4. The monoisotopic (exact) mass is 376 g/mol. The predicted octanol–water partition coefficient (Wildman–Crippen LogP) is 4.01. The molecule has 0 atom stereocenters. The molecule has 1 heterocycles. The summed E-state index contributed by atoms with van der Waals surface area (Å²) >= 11 is 0. The van der Waals surface area contributed by atoms with Crippen LogP contribution in [0, 0.1) is 0 Å². The maximum atomic E-state index is 12.6. The molecule has 2 aromatic carbocycles. The van der Waals surface area contributed by atoms with Crippen molar-refractivity contribution in [3.63, 3.8) is 0 Å². The van der Waals surface area contributed by atoms with E-state index in [1.165, 1.54) is 23.1 Å². The molecule has 0 fully saturated rings.